The molecule has 1 aliphatic heterocycles. The van der Waals surface area contributed by atoms with Gasteiger partial charge >= 0.3 is 6.03 Å². The minimum absolute atomic E-state index is 0.0108. The molecule has 27 heavy (non-hydrogen) atoms. The molecule has 0 spiro atoms. The standard InChI is InChI=1S/C17H27N5O4S/c1-3-22(4-2)15-6-5-13(11-19-15)21-17(24)18-9-7-16(23)20-14-8-10-27(25,26)12-14/h5-6,11,14H,3-4,7-10,12H2,1-2H3,(H,20,23)(H2,18,21,24)/t14-/m1/s1. The summed E-state index contributed by atoms with van der Waals surface area (Å²) in [5.41, 5.74) is 0.559. The second-order valence-corrected chi connectivity index (χ2v) is 8.60. The molecule has 1 aliphatic rings. The van der Waals surface area contributed by atoms with Gasteiger partial charge in [0.2, 0.25) is 5.91 Å². The highest BCUT2D eigenvalue weighted by Crippen LogP contribution is 2.14. The Kier molecular flexibility index (Phi) is 7.40. The Morgan fingerprint density at radius 1 is 1.26 bits per heavy atom. The van der Waals surface area contributed by atoms with Gasteiger partial charge in [0.15, 0.2) is 9.84 Å². The third-order valence-electron chi connectivity index (χ3n) is 4.33. The van der Waals surface area contributed by atoms with Crippen LogP contribution in [0.15, 0.2) is 18.3 Å². The number of aromatic nitrogens is 1. The summed E-state index contributed by atoms with van der Waals surface area (Å²) in [4.78, 5) is 30.1. The lowest BCUT2D eigenvalue weighted by Crippen LogP contribution is -2.38. The molecule has 0 unspecified atom stereocenters. The van der Waals surface area contributed by atoms with Crippen LogP contribution in [0.5, 0.6) is 0 Å². The highest BCUT2D eigenvalue weighted by atomic mass is 32.2. The van der Waals surface area contributed by atoms with E-state index in [2.05, 4.69) is 25.8 Å². The summed E-state index contributed by atoms with van der Waals surface area (Å²) >= 11 is 0. The van der Waals surface area contributed by atoms with Gasteiger partial charge in [0.05, 0.1) is 23.4 Å². The van der Waals surface area contributed by atoms with Crippen LogP contribution in [0.3, 0.4) is 0 Å². The van der Waals surface area contributed by atoms with E-state index in [0.29, 0.717) is 12.1 Å². The number of urea groups is 1. The van der Waals surface area contributed by atoms with Gasteiger partial charge in [0.1, 0.15) is 5.82 Å². The van der Waals surface area contributed by atoms with Crippen LogP contribution in [0.2, 0.25) is 0 Å². The smallest absolute Gasteiger partial charge is 0.319 e. The van der Waals surface area contributed by atoms with Gasteiger partial charge in [0, 0.05) is 32.1 Å². The zero-order valence-corrected chi connectivity index (χ0v) is 16.5. The lowest BCUT2D eigenvalue weighted by molar-refractivity contribution is -0.121. The maximum atomic E-state index is 11.9. The topological polar surface area (TPSA) is 120 Å². The molecule has 0 saturated carbocycles. The predicted molar refractivity (Wildman–Crippen MR) is 105 cm³/mol. The Morgan fingerprint density at radius 2 is 2.00 bits per heavy atom. The Bertz CT molecular complexity index is 747. The van der Waals surface area contributed by atoms with Gasteiger partial charge in [-0.2, -0.15) is 0 Å². The van der Waals surface area contributed by atoms with Crippen LogP contribution in [0.1, 0.15) is 26.7 Å². The molecule has 3 N–H and O–H groups in total. The molecule has 2 rings (SSSR count). The van der Waals surface area contributed by atoms with Crippen LogP contribution in [-0.2, 0) is 14.6 Å². The van der Waals surface area contributed by atoms with Gasteiger partial charge in [-0.3, -0.25) is 4.79 Å². The molecule has 0 radical (unpaired) electrons. The van der Waals surface area contributed by atoms with Crippen molar-refractivity contribution in [1.82, 2.24) is 15.6 Å². The first-order chi connectivity index (χ1) is 12.8. The zero-order chi connectivity index (χ0) is 19.9. The molecule has 0 aromatic carbocycles. The van der Waals surface area contributed by atoms with Gasteiger partial charge in [-0.1, -0.05) is 0 Å². The molecule has 2 heterocycles. The number of sulfone groups is 1. The number of nitrogens with zero attached hydrogens (tertiary/aromatic N) is 2. The Balaban J connectivity index is 1.69. The minimum atomic E-state index is -3.03. The SMILES string of the molecule is CCN(CC)c1ccc(NC(=O)NCCC(=O)N[C@@H]2CCS(=O)(=O)C2)cn1. The molecule has 1 atom stereocenters. The summed E-state index contributed by atoms with van der Waals surface area (Å²) in [7, 11) is -3.03. The van der Waals surface area contributed by atoms with Gasteiger partial charge in [-0.05, 0) is 32.4 Å². The van der Waals surface area contributed by atoms with Crippen molar-refractivity contribution in [2.45, 2.75) is 32.7 Å². The van der Waals surface area contributed by atoms with Crippen molar-refractivity contribution in [2.24, 2.45) is 0 Å². The second-order valence-electron chi connectivity index (χ2n) is 6.38. The molecular formula is C17H27N5O4S. The van der Waals surface area contributed by atoms with Crippen molar-refractivity contribution in [3.05, 3.63) is 18.3 Å². The second kappa shape index (κ2) is 9.54. The quantitative estimate of drug-likeness (QED) is 0.595. The Hall–Kier alpha value is -2.36. The lowest BCUT2D eigenvalue weighted by Gasteiger charge is -2.19. The molecule has 1 fully saturated rings. The minimum Gasteiger partial charge on any atom is -0.357 e. The fourth-order valence-electron chi connectivity index (χ4n) is 2.87. The third kappa shape index (κ3) is 6.70. The first-order valence-electron chi connectivity index (χ1n) is 9.08. The molecule has 10 heteroatoms. The molecule has 3 amide bonds. The van der Waals surface area contributed by atoms with E-state index >= 15 is 0 Å². The number of anilines is 2. The average molecular weight is 398 g/mol. The summed E-state index contributed by atoms with van der Waals surface area (Å²) in [5.74, 6) is 0.669. The average Bonchev–Trinajstić information content (AvgIpc) is 2.95. The fraction of sp³-hybridized carbons (Fsp3) is 0.588. The highest BCUT2D eigenvalue weighted by Gasteiger charge is 2.28. The molecule has 0 aliphatic carbocycles. The zero-order valence-electron chi connectivity index (χ0n) is 15.7. The highest BCUT2D eigenvalue weighted by molar-refractivity contribution is 7.91. The molecule has 9 nitrogen and oxygen atoms in total. The molecule has 0 bridgehead atoms. The number of carbonyl (C=O) groups is 2. The van der Waals surface area contributed by atoms with E-state index < -0.39 is 15.9 Å². The van der Waals surface area contributed by atoms with E-state index in [1.54, 1.807) is 12.3 Å². The number of rotatable bonds is 8. The van der Waals surface area contributed by atoms with E-state index in [9.17, 15) is 18.0 Å². The number of hydrogen-bond donors (Lipinski definition) is 3. The Labute approximate surface area is 159 Å². The van der Waals surface area contributed by atoms with Gasteiger partial charge in [-0.15, -0.1) is 0 Å². The van der Waals surface area contributed by atoms with Crippen LogP contribution in [0.4, 0.5) is 16.3 Å². The van der Waals surface area contributed by atoms with Gasteiger partial charge < -0.3 is 20.9 Å². The van der Waals surface area contributed by atoms with Crippen molar-refractivity contribution in [1.29, 1.82) is 0 Å². The van der Waals surface area contributed by atoms with Crippen molar-refractivity contribution < 1.29 is 18.0 Å². The number of carbonyl (C=O) groups excluding carboxylic acids is 2. The summed E-state index contributed by atoms with van der Waals surface area (Å²) in [5, 5.41) is 7.94. The third-order valence-corrected chi connectivity index (χ3v) is 6.10. The van der Waals surface area contributed by atoms with Crippen LogP contribution < -0.4 is 20.9 Å². The predicted octanol–water partition coefficient (Wildman–Crippen LogP) is 0.743. The summed E-state index contributed by atoms with van der Waals surface area (Å²) < 4.78 is 22.7. The largest absolute Gasteiger partial charge is 0.357 e. The molecule has 150 valence electrons. The van der Waals surface area contributed by atoms with E-state index in [1.807, 2.05) is 19.9 Å². The summed E-state index contributed by atoms with van der Waals surface area (Å²) in [6.45, 7) is 5.96. The van der Waals surface area contributed by atoms with Crippen molar-refractivity contribution in [3.8, 4) is 0 Å². The lowest BCUT2D eigenvalue weighted by atomic mass is 10.2. The number of pyridine rings is 1. The van der Waals surface area contributed by atoms with Crippen LogP contribution in [-0.4, -0.2) is 62.5 Å². The number of amides is 3. The van der Waals surface area contributed by atoms with Crippen LogP contribution in [0, 0.1) is 0 Å². The summed E-state index contributed by atoms with van der Waals surface area (Å²) in [6, 6.07) is 2.86. The number of nitrogens with one attached hydrogen (secondary N) is 3. The normalized spacial score (nSPS) is 17.9. The first kappa shape index (κ1) is 20.9. The van der Waals surface area contributed by atoms with E-state index in [0.717, 1.165) is 18.9 Å². The maximum Gasteiger partial charge on any atom is 0.319 e. The van der Waals surface area contributed by atoms with Crippen LogP contribution in [0.25, 0.3) is 0 Å². The molecule has 1 aromatic rings. The van der Waals surface area contributed by atoms with E-state index in [1.165, 1.54) is 0 Å². The number of hydrogen-bond acceptors (Lipinski definition) is 6. The first-order valence-corrected chi connectivity index (χ1v) is 10.9. The summed E-state index contributed by atoms with van der Waals surface area (Å²) in [6.07, 6.45) is 2.11. The van der Waals surface area contributed by atoms with Gasteiger partial charge in [-0.25, -0.2) is 18.2 Å². The van der Waals surface area contributed by atoms with Crippen LogP contribution >= 0.6 is 0 Å². The van der Waals surface area contributed by atoms with Crippen molar-refractivity contribution >= 4 is 33.3 Å². The molecule has 1 saturated heterocycles. The molecular weight excluding hydrogens is 370 g/mol. The maximum absolute atomic E-state index is 11.9. The van der Waals surface area contributed by atoms with Crippen molar-refractivity contribution in [3.63, 3.8) is 0 Å². The monoisotopic (exact) mass is 397 g/mol. The fourth-order valence-corrected chi connectivity index (χ4v) is 4.54. The Morgan fingerprint density at radius 3 is 2.56 bits per heavy atom. The van der Waals surface area contributed by atoms with Gasteiger partial charge in [0.25, 0.3) is 0 Å². The van der Waals surface area contributed by atoms with E-state index in [4.69, 9.17) is 0 Å². The van der Waals surface area contributed by atoms with E-state index in [-0.39, 0.29) is 36.4 Å². The molecule has 1 aromatic heterocycles. The van der Waals surface area contributed by atoms with Crippen molar-refractivity contribution in [2.75, 3.05) is 41.4 Å².